The van der Waals surface area contributed by atoms with Crippen LogP contribution in [-0.4, -0.2) is 28.8 Å². The lowest BCUT2D eigenvalue weighted by Gasteiger charge is -2.27. The van der Waals surface area contributed by atoms with Gasteiger partial charge in [-0.15, -0.1) is 11.3 Å². The summed E-state index contributed by atoms with van der Waals surface area (Å²) < 4.78 is 4.95. The van der Waals surface area contributed by atoms with Crippen LogP contribution in [0.2, 0.25) is 0 Å². The summed E-state index contributed by atoms with van der Waals surface area (Å²) in [5, 5.41) is 5.62. The van der Waals surface area contributed by atoms with Crippen molar-refractivity contribution in [3.8, 4) is 0 Å². The van der Waals surface area contributed by atoms with Crippen molar-refractivity contribution in [2.75, 3.05) is 18.2 Å². The molecule has 8 heteroatoms. The maximum atomic E-state index is 12.8. The molecule has 6 nitrogen and oxygen atoms in total. The van der Waals surface area contributed by atoms with Crippen molar-refractivity contribution in [3.05, 3.63) is 49.6 Å². The van der Waals surface area contributed by atoms with Crippen molar-refractivity contribution < 1.29 is 9.53 Å². The molecule has 0 unspecified atom stereocenters. The minimum atomic E-state index is -0.481. The number of ether oxygens (including phenoxy) is 1. The van der Waals surface area contributed by atoms with Crippen LogP contribution in [0.25, 0.3) is 0 Å². The molecule has 2 aromatic rings. The molecule has 0 radical (unpaired) electrons. The zero-order valence-corrected chi connectivity index (χ0v) is 15.8. The highest BCUT2D eigenvalue weighted by atomic mass is 32.2. The fraction of sp³-hybridized carbons (Fsp3) is 0.353. The van der Waals surface area contributed by atoms with Gasteiger partial charge in [0.25, 0.3) is 5.56 Å². The molecule has 0 aromatic carbocycles. The first kappa shape index (κ1) is 17.8. The van der Waals surface area contributed by atoms with E-state index in [1.807, 2.05) is 17.5 Å². The van der Waals surface area contributed by atoms with E-state index in [2.05, 4.69) is 22.2 Å². The van der Waals surface area contributed by atoms with Crippen LogP contribution in [0.5, 0.6) is 0 Å². The van der Waals surface area contributed by atoms with Gasteiger partial charge in [-0.2, -0.15) is 0 Å². The lowest BCUT2D eigenvalue weighted by atomic mass is 9.86. The van der Waals surface area contributed by atoms with Gasteiger partial charge in [0.1, 0.15) is 5.82 Å². The molecule has 132 valence electrons. The van der Waals surface area contributed by atoms with Crippen molar-refractivity contribution in [2.24, 2.45) is 0 Å². The van der Waals surface area contributed by atoms with Gasteiger partial charge in [0.05, 0.1) is 24.2 Å². The van der Waals surface area contributed by atoms with Crippen LogP contribution in [0.4, 0.5) is 5.82 Å². The van der Waals surface area contributed by atoms with Gasteiger partial charge in [-0.25, -0.2) is 9.78 Å². The molecular formula is C17H19N3O3S2. The van der Waals surface area contributed by atoms with Gasteiger partial charge in [0, 0.05) is 16.3 Å². The highest BCUT2D eigenvalue weighted by Gasteiger charge is 2.36. The van der Waals surface area contributed by atoms with E-state index < -0.39 is 11.9 Å². The predicted molar refractivity (Wildman–Crippen MR) is 100 cm³/mol. The normalized spacial score (nSPS) is 16.4. The maximum Gasteiger partial charge on any atom is 0.336 e. The van der Waals surface area contributed by atoms with Crippen LogP contribution >= 0.6 is 23.1 Å². The molecule has 2 aromatic heterocycles. The second kappa shape index (κ2) is 7.45. The molecule has 0 spiro atoms. The van der Waals surface area contributed by atoms with Gasteiger partial charge in [0.2, 0.25) is 0 Å². The number of nitrogens with one attached hydrogen (secondary N) is 2. The van der Waals surface area contributed by atoms with Gasteiger partial charge in [-0.1, -0.05) is 24.8 Å². The highest BCUT2D eigenvalue weighted by Crippen LogP contribution is 2.41. The van der Waals surface area contributed by atoms with E-state index in [9.17, 15) is 9.59 Å². The number of anilines is 1. The number of aromatic amines is 1. The van der Waals surface area contributed by atoms with Crippen molar-refractivity contribution >= 4 is 34.9 Å². The summed E-state index contributed by atoms with van der Waals surface area (Å²) >= 11 is 3.01. The third-order valence-corrected chi connectivity index (χ3v) is 5.91. The summed E-state index contributed by atoms with van der Waals surface area (Å²) in [4.78, 5) is 33.5. The van der Waals surface area contributed by atoms with Crippen LogP contribution in [0.15, 0.2) is 38.7 Å². The molecule has 2 N–H and O–H groups in total. The van der Waals surface area contributed by atoms with E-state index in [1.54, 1.807) is 6.92 Å². The number of H-pyrrole nitrogens is 1. The SMILES string of the molecule is CCCSc1nc2c(c(=O)[nH]1)[C@@H](c1cccs1)C(C(=O)OC)=C(C)N2. The van der Waals surface area contributed by atoms with E-state index in [-0.39, 0.29) is 5.56 Å². The van der Waals surface area contributed by atoms with Crippen molar-refractivity contribution in [1.29, 1.82) is 0 Å². The third-order valence-electron chi connectivity index (χ3n) is 3.90. The molecule has 0 saturated carbocycles. The number of carbonyl (C=O) groups is 1. The molecular weight excluding hydrogens is 358 g/mol. The Morgan fingerprint density at radius 3 is 2.92 bits per heavy atom. The van der Waals surface area contributed by atoms with Crippen molar-refractivity contribution in [3.63, 3.8) is 0 Å². The van der Waals surface area contributed by atoms with Crippen LogP contribution in [-0.2, 0) is 9.53 Å². The lowest BCUT2D eigenvalue weighted by Crippen LogP contribution is -2.30. The number of rotatable bonds is 5. The number of aromatic nitrogens is 2. The Balaban J connectivity index is 2.17. The molecule has 1 aliphatic rings. The summed E-state index contributed by atoms with van der Waals surface area (Å²) in [6.45, 7) is 3.88. The Morgan fingerprint density at radius 2 is 2.28 bits per heavy atom. The number of methoxy groups -OCH3 is 1. The first-order valence-corrected chi connectivity index (χ1v) is 9.79. The fourth-order valence-corrected chi connectivity index (χ4v) is 4.38. The van der Waals surface area contributed by atoms with Crippen LogP contribution in [0.3, 0.4) is 0 Å². The Labute approximate surface area is 153 Å². The van der Waals surface area contributed by atoms with Gasteiger partial charge < -0.3 is 15.0 Å². The van der Waals surface area contributed by atoms with Gasteiger partial charge >= 0.3 is 5.97 Å². The molecule has 0 bridgehead atoms. The van der Waals surface area contributed by atoms with Gasteiger partial charge in [-0.05, 0) is 24.8 Å². The smallest absolute Gasteiger partial charge is 0.336 e. The minimum absolute atomic E-state index is 0.233. The van der Waals surface area contributed by atoms with E-state index >= 15 is 0 Å². The second-order valence-electron chi connectivity index (χ2n) is 5.59. The number of fused-ring (bicyclic) bond motifs is 1. The first-order valence-electron chi connectivity index (χ1n) is 7.93. The topological polar surface area (TPSA) is 84.1 Å². The van der Waals surface area contributed by atoms with Crippen LogP contribution < -0.4 is 10.9 Å². The summed E-state index contributed by atoms with van der Waals surface area (Å²) in [6, 6.07) is 3.82. The number of thiophene rings is 1. The van der Waals surface area contributed by atoms with Crippen molar-refractivity contribution in [2.45, 2.75) is 31.3 Å². The number of hydrogen-bond acceptors (Lipinski definition) is 7. The Kier molecular flexibility index (Phi) is 5.29. The van der Waals surface area contributed by atoms with Crippen LogP contribution in [0.1, 0.15) is 36.6 Å². The molecule has 1 atom stereocenters. The fourth-order valence-electron chi connectivity index (χ4n) is 2.82. The number of esters is 1. The van der Waals surface area contributed by atoms with Crippen LogP contribution in [0, 0.1) is 0 Å². The standard InChI is InChI=1S/C17H19N3O3S2/c1-4-7-25-17-19-14-13(15(21)20-17)12(10-6-5-8-24-10)11(9(2)18-14)16(22)23-3/h5-6,8,12H,4,7H2,1-3H3,(H2,18,19,20,21)/t12-/m0/s1. The molecule has 0 amide bonds. The molecule has 0 aliphatic carbocycles. The molecule has 25 heavy (non-hydrogen) atoms. The summed E-state index contributed by atoms with van der Waals surface area (Å²) in [5.74, 6) is 0.451. The second-order valence-corrected chi connectivity index (χ2v) is 7.65. The predicted octanol–water partition coefficient (Wildman–Crippen LogP) is 3.34. The zero-order valence-electron chi connectivity index (χ0n) is 14.2. The molecule has 0 saturated heterocycles. The summed E-state index contributed by atoms with van der Waals surface area (Å²) in [7, 11) is 1.34. The maximum absolute atomic E-state index is 12.8. The molecule has 1 aliphatic heterocycles. The molecule has 3 heterocycles. The van der Waals surface area contributed by atoms with E-state index in [4.69, 9.17) is 4.74 Å². The number of hydrogen-bond donors (Lipinski definition) is 2. The molecule has 0 fully saturated rings. The monoisotopic (exact) mass is 377 g/mol. The largest absolute Gasteiger partial charge is 0.466 e. The number of thioether (sulfide) groups is 1. The van der Waals surface area contributed by atoms with E-state index in [1.165, 1.54) is 30.2 Å². The quantitative estimate of drug-likeness (QED) is 0.472. The Hall–Kier alpha value is -2.06. The number of nitrogens with zero attached hydrogens (tertiary/aromatic N) is 1. The van der Waals surface area contributed by atoms with Crippen molar-refractivity contribution in [1.82, 2.24) is 9.97 Å². The van der Waals surface area contributed by atoms with E-state index in [0.717, 1.165) is 17.1 Å². The third kappa shape index (κ3) is 3.36. The summed E-state index contributed by atoms with van der Waals surface area (Å²) in [5.41, 5.74) is 1.32. The Morgan fingerprint density at radius 1 is 1.48 bits per heavy atom. The summed E-state index contributed by atoms with van der Waals surface area (Å²) in [6.07, 6.45) is 0.988. The Bertz CT molecular complexity index is 872. The van der Waals surface area contributed by atoms with E-state index in [0.29, 0.717) is 27.8 Å². The number of allylic oxidation sites excluding steroid dienone is 1. The number of carbonyl (C=O) groups excluding carboxylic acids is 1. The average Bonchev–Trinajstić information content (AvgIpc) is 3.12. The van der Waals surface area contributed by atoms with Gasteiger partial charge in [-0.3, -0.25) is 4.79 Å². The average molecular weight is 377 g/mol. The minimum Gasteiger partial charge on any atom is -0.466 e. The molecule has 3 rings (SSSR count). The highest BCUT2D eigenvalue weighted by molar-refractivity contribution is 7.99. The lowest BCUT2D eigenvalue weighted by molar-refractivity contribution is -0.136. The first-order chi connectivity index (χ1) is 12.1. The zero-order chi connectivity index (χ0) is 18.0. The van der Waals surface area contributed by atoms with Gasteiger partial charge in [0.15, 0.2) is 5.16 Å².